The molecule has 0 bridgehead atoms. The molecule has 4 aliphatic rings. The lowest BCUT2D eigenvalue weighted by Crippen LogP contribution is -2.51. The number of hydrogen-bond acceptors (Lipinski definition) is 3. The Balaban J connectivity index is 1.79. The molecule has 0 heterocycles. The average molecular weight is 330 g/mol. The Morgan fingerprint density at radius 2 is 1.74 bits per heavy atom. The summed E-state index contributed by atoms with van der Waals surface area (Å²) in [6, 6.07) is 0. The molecule has 0 radical (unpaired) electrons. The first-order valence-corrected chi connectivity index (χ1v) is 9.42. The average Bonchev–Trinajstić information content (AvgIpc) is 2.79. The Hall–Kier alpha value is -0.830. The van der Waals surface area contributed by atoms with Gasteiger partial charge in [-0.3, -0.25) is 9.59 Å². The SMILES string of the molecule is C=C1C[C@@H]2[C@H](CC[C@]3(C)C(=O)CC[C@@H]23)[C@@]2(C)CCC(=O)C(S)=C12. The van der Waals surface area contributed by atoms with Crippen LogP contribution < -0.4 is 0 Å². The van der Waals surface area contributed by atoms with Gasteiger partial charge in [0, 0.05) is 18.3 Å². The highest BCUT2D eigenvalue weighted by molar-refractivity contribution is 7.85. The predicted octanol–water partition coefficient (Wildman–Crippen LogP) is 4.51. The minimum Gasteiger partial charge on any atom is -0.299 e. The van der Waals surface area contributed by atoms with Gasteiger partial charge in [-0.1, -0.05) is 20.4 Å². The van der Waals surface area contributed by atoms with Crippen LogP contribution in [0, 0.1) is 28.6 Å². The highest BCUT2D eigenvalue weighted by Crippen LogP contribution is 2.65. The Morgan fingerprint density at radius 3 is 2.48 bits per heavy atom. The molecule has 0 spiro atoms. The van der Waals surface area contributed by atoms with Gasteiger partial charge in [0.15, 0.2) is 5.78 Å². The van der Waals surface area contributed by atoms with E-state index in [1.54, 1.807) is 0 Å². The molecule has 0 aromatic rings. The lowest BCUT2D eigenvalue weighted by atomic mass is 9.46. The van der Waals surface area contributed by atoms with Gasteiger partial charge >= 0.3 is 0 Å². The quantitative estimate of drug-likeness (QED) is 0.663. The number of hydrogen-bond donors (Lipinski definition) is 1. The summed E-state index contributed by atoms with van der Waals surface area (Å²) in [7, 11) is 0. The third-order valence-corrected chi connectivity index (χ3v) is 8.22. The van der Waals surface area contributed by atoms with Gasteiger partial charge in [-0.2, -0.15) is 0 Å². The second kappa shape index (κ2) is 4.84. The summed E-state index contributed by atoms with van der Waals surface area (Å²) in [6.07, 6.45) is 6.40. The van der Waals surface area contributed by atoms with Crippen LogP contribution in [-0.4, -0.2) is 11.6 Å². The molecule has 0 aromatic heterocycles. The van der Waals surface area contributed by atoms with Crippen molar-refractivity contribution in [3.8, 4) is 0 Å². The molecule has 0 amide bonds. The molecule has 0 N–H and O–H groups in total. The minimum atomic E-state index is -0.104. The van der Waals surface area contributed by atoms with Crippen LogP contribution in [0.5, 0.6) is 0 Å². The third kappa shape index (κ3) is 1.89. The second-order valence-electron chi connectivity index (χ2n) is 8.67. The lowest BCUT2D eigenvalue weighted by Gasteiger charge is -2.57. The number of carbonyl (C=O) groups is 2. The number of fused-ring (bicyclic) bond motifs is 5. The van der Waals surface area contributed by atoms with Gasteiger partial charge < -0.3 is 0 Å². The molecule has 124 valence electrons. The molecule has 3 fully saturated rings. The van der Waals surface area contributed by atoms with E-state index in [1.165, 1.54) is 0 Å². The smallest absolute Gasteiger partial charge is 0.169 e. The summed E-state index contributed by atoms with van der Waals surface area (Å²) in [5.74, 6) is 2.28. The van der Waals surface area contributed by atoms with E-state index in [0.717, 1.165) is 49.7 Å². The van der Waals surface area contributed by atoms with Crippen LogP contribution in [0.15, 0.2) is 22.6 Å². The number of allylic oxidation sites excluding steroid dienone is 2. The molecule has 5 atom stereocenters. The van der Waals surface area contributed by atoms with E-state index < -0.39 is 0 Å². The minimum absolute atomic E-state index is 0.0258. The topological polar surface area (TPSA) is 34.1 Å². The number of Topliss-reactive ketones (excluding diaryl/α,β-unsaturated/α-hetero) is 2. The Kier molecular flexibility index (Phi) is 3.30. The molecule has 0 aliphatic heterocycles. The molecular formula is C20H26O2S. The maximum atomic E-state index is 12.5. The highest BCUT2D eigenvalue weighted by Gasteiger charge is 2.60. The van der Waals surface area contributed by atoms with E-state index in [1.807, 2.05) is 0 Å². The van der Waals surface area contributed by atoms with Gasteiger partial charge in [0.2, 0.25) is 0 Å². The van der Waals surface area contributed by atoms with Crippen molar-refractivity contribution in [1.82, 2.24) is 0 Å². The summed E-state index contributed by atoms with van der Waals surface area (Å²) < 4.78 is 0. The molecule has 2 nitrogen and oxygen atoms in total. The highest BCUT2D eigenvalue weighted by atomic mass is 32.1. The van der Waals surface area contributed by atoms with Crippen LogP contribution in [-0.2, 0) is 9.59 Å². The van der Waals surface area contributed by atoms with Crippen molar-refractivity contribution >= 4 is 24.2 Å². The number of carbonyl (C=O) groups excluding carboxylic acids is 2. The summed E-state index contributed by atoms with van der Waals surface area (Å²) in [4.78, 5) is 25.3. The monoisotopic (exact) mass is 330 g/mol. The maximum absolute atomic E-state index is 12.5. The Morgan fingerprint density at radius 1 is 1.04 bits per heavy atom. The van der Waals surface area contributed by atoms with E-state index in [0.29, 0.717) is 34.9 Å². The van der Waals surface area contributed by atoms with Gasteiger partial charge in [-0.15, -0.1) is 12.6 Å². The van der Waals surface area contributed by atoms with Gasteiger partial charge in [0.05, 0.1) is 4.91 Å². The first-order chi connectivity index (χ1) is 10.8. The van der Waals surface area contributed by atoms with Crippen LogP contribution in [0.25, 0.3) is 0 Å². The normalized spacial score (nSPS) is 46.6. The maximum Gasteiger partial charge on any atom is 0.169 e. The molecule has 0 saturated heterocycles. The van der Waals surface area contributed by atoms with Gasteiger partial charge in [0.1, 0.15) is 5.78 Å². The fourth-order valence-corrected chi connectivity index (χ4v) is 7.01. The first-order valence-electron chi connectivity index (χ1n) is 8.97. The molecule has 23 heavy (non-hydrogen) atoms. The number of thiol groups is 1. The van der Waals surface area contributed by atoms with Crippen LogP contribution in [0.1, 0.15) is 58.8 Å². The van der Waals surface area contributed by atoms with Crippen LogP contribution in [0.4, 0.5) is 0 Å². The van der Waals surface area contributed by atoms with Gasteiger partial charge in [-0.05, 0) is 66.4 Å². The van der Waals surface area contributed by atoms with Crippen LogP contribution in [0.3, 0.4) is 0 Å². The standard InChI is InChI=1S/C20H26O2S/c1-11-10-12-13-4-5-16(22)19(13,2)8-6-14(12)20(3)9-7-15(21)18(23)17(11)20/h12-14,23H,1,4-10H2,2-3H3/t12-,13-,14-,19-,20+/m0/s1. The molecule has 4 rings (SSSR count). The summed E-state index contributed by atoms with van der Waals surface area (Å²) in [6.45, 7) is 8.86. The molecule has 0 unspecified atom stereocenters. The van der Waals surface area contributed by atoms with Crippen molar-refractivity contribution in [1.29, 1.82) is 0 Å². The summed E-state index contributed by atoms with van der Waals surface area (Å²) in [5.41, 5.74) is 2.17. The van der Waals surface area contributed by atoms with Gasteiger partial charge in [-0.25, -0.2) is 0 Å². The van der Waals surface area contributed by atoms with Crippen molar-refractivity contribution in [2.45, 2.75) is 58.8 Å². The van der Waals surface area contributed by atoms with Crippen LogP contribution in [0.2, 0.25) is 0 Å². The van der Waals surface area contributed by atoms with Crippen molar-refractivity contribution < 1.29 is 9.59 Å². The zero-order valence-electron chi connectivity index (χ0n) is 14.2. The van der Waals surface area contributed by atoms with Crippen LogP contribution >= 0.6 is 12.6 Å². The second-order valence-corrected chi connectivity index (χ2v) is 9.11. The third-order valence-electron chi connectivity index (χ3n) is 7.74. The molecular weight excluding hydrogens is 304 g/mol. The zero-order valence-corrected chi connectivity index (χ0v) is 15.0. The number of rotatable bonds is 0. The molecule has 0 aromatic carbocycles. The zero-order chi connectivity index (χ0) is 16.6. The Bertz CT molecular complexity index is 661. The van der Waals surface area contributed by atoms with E-state index in [2.05, 4.69) is 33.1 Å². The van der Waals surface area contributed by atoms with E-state index in [-0.39, 0.29) is 16.6 Å². The Labute approximate surface area is 144 Å². The number of ketones is 2. The summed E-state index contributed by atoms with van der Waals surface area (Å²) >= 11 is 4.57. The molecule has 3 saturated carbocycles. The van der Waals surface area contributed by atoms with E-state index >= 15 is 0 Å². The lowest BCUT2D eigenvalue weighted by molar-refractivity contribution is -0.132. The fourth-order valence-electron chi connectivity index (χ4n) is 6.49. The predicted molar refractivity (Wildman–Crippen MR) is 94.2 cm³/mol. The van der Waals surface area contributed by atoms with Crippen molar-refractivity contribution in [2.24, 2.45) is 28.6 Å². The first kappa shape index (κ1) is 15.7. The van der Waals surface area contributed by atoms with E-state index in [4.69, 9.17) is 0 Å². The van der Waals surface area contributed by atoms with Crippen molar-refractivity contribution in [2.75, 3.05) is 0 Å². The largest absolute Gasteiger partial charge is 0.299 e. The van der Waals surface area contributed by atoms with Crippen molar-refractivity contribution in [3.63, 3.8) is 0 Å². The molecule has 4 aliphatic carbocycles. The fraction of sp³-hybridized carbons (Fsp3) is 0.700. The summed E-state index contributed by atoms with van der Waals surface area (Å²) in [5, 5.41) is 0. The van der Waals surface area contributed by atoms with Gasteiger partial charge in [0.25, 0.3) is 0 Å². The van der Waals surface area contributed by atoms with E-state index in [9.17, 15) is 9.59 Å². The molecule has 3 heteroatoms. The van der Waals surface area contributed by atoms with Crippen molar-refractivity contribution in [3.05, 3.63) is 22.6 Å².